The molecule has 1 aliphatic carbocycles. The van der Waals surface area contributed by atoms with Crippen molar-refractivity contribution in [3.63, 3.8) is 0 Å². The summed E-state index contributed by atoms with van der Waals surface area (Å²) in [5, 5.41) is 7.12. The van der Waals surface area contributed by atoms with Crippen molar-refractivity contribution in [2.75, 3.05) is 65.8 Å². The lowest BCUT2D eigenvalue weighted by atomic mass is 9.95. The summed E-state index contributed by atoms with van der Waals surface area (Å²) in [4.78, 5) is 20.4. The van der Waals surface area contributed by atoms with Gasteiger partial charge in [0, 0.05) is 68.1 Å². The molecule has 2 fully saturated rings. The zero-order valence-corrected chi connectivity index (χ0v) is 21.2. The van der Waals surface area contributed by atoms with Gasteiger partial charge >= 0.3 is 0 Å². The van der Waals surface area contributed by atoms with Crippen LogP contribution in [0.2, 0.25) is 0 Å². The standard InChI is InChI=1S/C19H37N5O3S.HI/c1-4-28(26)17-7-5-6-16(14-17)22-19(21-15-18(25)23(2)3)20-8-9-24-10-12-27-13-11-24;/h16-17H,4-15H2,1-3H3,(H2,20,21,22);1H. The Morgan fingerprint density at radius 3 is 2.66 bits per heavy atom. The number of hydrogen-bond acceptors (Lipinski definition) is 5. The third-order valence-electron chi connectivity index (χ3n) is 5.32. The van der Waals surface area contributed by atoms with Crippen molar-refractivity contribution < 1.29 is 13.7 Å². The van der Waals surface area contributed by atoms with Crippen LogP contribution >= 0.6 is 24.0 Å². The molecular weight excluding hydrogens is 505 g/mol. The Hall–Kier alpha value is -0.460. The molecule has 0 aromatic carbocycles. The highest BCUT2D eigenvalue weighted by atomic mass is 127. The molecule has 3 unspecified atom stereocenters. The maximum Gasteiger partial charge on any atom is 0.243 e. The van der Waals surface area contributed by atoms with Gasteiger partial charge in [-0.15, -0.1) is 24.0 Å². The smallest absolute Gasteiger partial charge is 0.243 e. The number of halogens is 1. The van der Waals surface area contributed by atoms with Crippen LogP contribution in [0, 0.1) is 0 Å². The maximum absolute atomic E-state index is 12.2. The molecule has 1 aliphatic heterocycles. The lowest BCUT2D eigenvalue weighted by Crippen LogP contribution is -2.49. The van der Waals surface area contributed by atoms with Crippen LogP contribution in [0.15, 0.2) is 4.99 Å². The van der Waals surface area contributed by atoms with Crippen LogP contribution in [0.1, 0.15) is 32.6 Å². The van der Waals surface area contributed by atoms with E-state index in [0.29, 0.717) is 11.7 Å². The number of likely N-dealkylation sites (N-methyl/N-ethyl adjacent to an activating group) is 1. The highest BCUT2D eigenvalue weighted by Crippen LogP contribution is 2.22. The second kappa shape index (κ2) is 14.5. The number of carbonyl (C=O) groups is 1. The Morgan fingerprint density at radius 1 is 1.28 bits per heavy atom. The van der Waals surface area contributed by atoms with Gasteiger partial charge in [-0.3, -0.25) is 13.9 Å². The largest absolute Gasteiger partial charge is 0.379 e. The van der Waals surface area contributed by atoms with Crippen molar-refractivity contribution in [2.24, 2.45) is 4.99 Å². The summed E-state index contributed by atoms with van der Waals surface area (Å²) in [6.45, 7) is 7.26. The quantitative estimate of drug-likeness (QED) is 0.266. The molecule has 2 aliphatic rings. The topological polar surface area (TPSA) is 86.3 Å². The summed E-state index contributed by atoms with van der Waals surface area (Å²) in [6.07, 6.45) is 4.05. The average molecular weight is 544 g/mol. The minimum atomic E-state index is -0.755. The monoisotopic (exact) mass is 543 g/mol. The molecule has 1 saturated carbocycles. The maximum atomic E-state index is 12.2. The SMILES string of the molecule is CCS(=O)C1CCCC(NC(=NCC(=O)N(C)C)NCCN2CCOCC2)C1.I. The molecule has 0 bridgehead atoms. The molecule has 170 valence electrons. The normalized spacial score (nSPS) is 24.3. The molecule has 1 heterocycles. The summed E-state index contributed by atoms with van der Waals surface area (Å²) >= 11 is 0. The van der Waals surface area contributed by atoms with Crippen LogP contribution in [0.3, 0.4) is 0 Å². The first-order valence-corrected chi connectivity index (χ1v) is 11.8. The third kappa shape index (κ3) is 9.93. The molecule has 0 radical (unpaired) electrons. The predicted molar refractivity (Wildman–Crippen MR) is 130 cm³/mol. The second-order valence-electron chi connectivity index (χ2n) is 7.63. The van der Waals surface area contributed by atoms with Gasteiger partial charge in [0.15, 0.2) is 5.96 Å². The first-order valence-electron chi connectivity index (χ1n) is 10.4. The van der Waals surface area contributed by atoms with Gasteiger partial charge in [-0.1, -0.05) is 13.3 Å². The highest BCUT2D eigenvalue weighted by Gasteiger charge is 2.26. The number of nitrogens with zero attached hydrogens (tertiary/aromatic N) is 3. The van der Waals surface area contributed by atoms with Gasteiger partial charge in [-0.2, -0.15) is 0 Å². The minimum Gasteiger partial charge on any atom is -0.379 e. The lowest BCUT2D eigenvalue weighted by molar-refractivity contribution is -0.127. The van der Waals surface area contributed by atoms with Crippen molar-refractivity contribution >= 4 is 46.6 Å². The van der Waals surface area contributed by atoms with Crippen LogP contribution in [0.5, 0.6) is 0 Å². The number of guanidine groups is 1. The average Bonchev–Trinajstić information content (AvgIpc) is 2.71. The van der Waals surface area contributed by atoms with Crippen LogP contribution in [-0.4, -0.2) is 103 Å². The van der Waals surface area contributed by atoms with Crippen molar-refractivity contribution in [1.82, 2.24) is 20.4 Å². The number of rotatable bonds is 8. The molecule has 2 N–H and O–H groups in total. The van der Waals surface area contributed by atoms with E-state index in [1.165, 1.54) is 0 Å². The Morgan fingerprint density at radius 2 is 2.00 bits per heavy atom. The van der Waals surface area contributed by atoms with Gasteiger partial charge in [0.1, 0.15) is 6.54 Å². The highest BCUT2D eigenvalue weighted by molar-refractivity contribution is 14.0. The van der Waals surface area contributed by atoms with Gasteiger partial charge in [-0.25, -0.2) is 4.99 Å². The van der Waals surface area contributed by atoms with E-state index in [2.05, 4.69) is 20.5 Å². The van der Waals surface area contributed by atoms with E-state index >= 15 is 0 Å². The molecule has 3 atom stereocenters. The van der Waals surface area contributed by atoms with Crippen molar-refractivity contribution in [3.8, 4) is 0 Å². The predicted octanol–water partition coefficient (Wildman–Crippen LogP) is 0.640. The second-order valence-corrected chi connectivity index (χ2v) is 9.64. The van der Waals surface area contributed by atoms with Gasteiger partial charge in [-0.05, 0) is 19.3 Å². The number of aliphatic imine (C=N–C) groups is 1. The Labute approximate surface area is 195 Å². The van der Waals surface area contributed by atoms with Crippen molar-refractivity contribution in [3.05, 3.63) is 0 Å². The Kier molecular flexibility index (Phi) is 13.3. The summed E-state index contributed by atoms with van der Waals surface area (Å²) in [6, 6.07) is 0.248. The van der Waals surface area contributed by atoms with E-state index < -0.39 is 10.8 Å². The fourth-order valence-electron chi connectivity index (χ4n) is 3.54. The molecule has 29 heavy (non-hydrogen) atoms. The summed E-state index contributed by atoms with van der Waals surface area (Å²) in [5.41, 5.74) is 0. The van der Waals surface area contributed by atoms with E-state index in [0.717, 1.165) is 65.1 Å². The van der Waals surface area contributed by atoms with Gasteiger partial charge < -0.3 is 20.3 Å². The molecule has 0 spiro atoms. The number of amides is 1. The van der Waals surface area contributed by atoms with Gasteiger partial charge in [0.2, 0.25) is 5.91 Å². The molecule has 2 rings (SSSR count). The van der Waals surface area contributed by atoms with Crippen LogP contribution in [0.4, 0.5) is 0 Å². The zero-order valence-electron chi connectivity index (χ0n) is 18.0. The number of nitrogens with one attached hydrogen (secondary N) is 2. The number of hydrogen-bond donors (Lipinski definition) is 2. The van der Waals surface area contributed by atoms with E-state index in [9.17, 15) is 9.00 Å². The lowest BCUT2D eigenvalue weighted by Gasteiger charge is -2.31. The fourth-order valence-corrected chi connectivity index (χ4v) is 4.89. The molecule has 0 aromatic heterocycles. The van der Waals surface area contributed by atoms with Crippen LogP contribution in [-0.2, 0) is 20.3 Å². The summed E-state index contributed by atoms with van der Waals surface area (Å²) < 4.78 is 17.6. The van der Waals surface area contributed by atoms with Crippen LogP contribution < -0.4 is 10.6 Å². The molecule has 10 heteroatoms. The number of morpholine rings is 1. The third-order valence-corrected chi connectivity index (χ3v) is 7.06. The first kappa shape index (κ1) is 26.6. The summed E-state index contributed by atoms with van der Waals surface area (Å²) in [5.74, 6) is 1.37. The number of ether oxygens (including phenoxy) is 1. The Bertz CT molecular complexity index is 544. The van der Waals surface area contributed by atoms with Crippen molar-refractivity contribution in [2.45, 2.75) is 43.9 Å². The Balaban J connectivity index is 0.00000420. The summed E-state index contributed by atoms with van der Waals surface area (Å²) in [7, 11) is 2.72. The first-order chi connectivity index (χ1) is 13.5. The molecule has 0 aromatic rings. The van der Waals surface area contributed by atoms with Crippen molar-refractivity contribution in [1.29, 1.82) is 0 Å². The van der Waals surface area contributed by atoms with E-state index in [4.69, 9.17) is 4.74 Å². The fraction of sp³-hybridized carbons (Fsp3) is 0.895. The van der Waals surface area contributed by atoms with Gasteiger partial charge in [0.25, 0.3) is 0 Å². The molecule has 8 nitrogen and oxygen atoms in total. The number of carbonyl (C=O) groups excluding carboxylic acids is 1. The van der Waals surface area contributed by atoms with E-state index in [-0.39, 0.29) is 47.7 Å². The van der Waals surface area contributed by atoms with E-state index in [1.54, 1.807) is 19.0 Å². The van der Waals surface area contributed by atoms with Crippen LogP contribution in [0.25, 0.3) is 0 Å². The van der Waals surface area contributed by atoms with Gasteiger partial charge in [0.05, 0.1) is 13.2 Å². The molecule has 1 saturated heterocycles. The van der Waals surface area contributed by atoms with E-state index in [1.807, 2.05) is 6.92 Å². The minimum absolute atomic E-state index is 0. The molecule has 1 amide bonds. The molecular formula is C19H38IN5O3S. The zero-order chi connectivity index (χ0) is 20.4.